The first-order valence-electron chi connectivity index (χ1n) is 15.4. The number of aromatic nitrogens is 2. The average Bonchev–Trinajstić information content (AvgIpc) is 3.65. The maximum atomic E-state index is 7.30. The van der Waals surface area contributed by atoms with Crippen LogP contribution in [0.2, 0.25) is 0 Å². The highest BCUT2D eigenvalue weighted by molar-refractivity contribution is 6.10. The fraction of sp³-hybridized carbons (Fsp3) is 0.0769. The lowest BCUT2D eigenvalue weighted by Crippen LogP contribution is -2.74. The molecular weight excluding hydrogens is 556 g/mol. The van der Waals surface area contributed by atoms with E-state index in [1.807, 2.05) is 12.1 Å². The van der Waals surface area contributed by atoms with Gasteiger partial charge in [-0.05, 0) is 72.8 Å². The van der Waals surface area contributed by atoms with Gasteiger partial charge >= 0.3 is 11.9 Å². The number of hydrogen-bond acceptors (Lipinski definition) is 3. The molecule has 0 bridgehead atoms. The van der Waals surface area contributed by atoms with Crippen LogP contribution in [0.15, 0.2) is 158 Å². The molecule has 0 N–H and O–H groups in total. The summed E-state index contributed by atoms with van der Waals surface area (Å²) in [6.45, 7) is 0. The van der Waals surface area contributed by atoms with Gasteiger partial charge in [0.2, 0.25) is 0 Å². The van der Waals surface area contributed by atoms with Crippen molar-refractivity contribution in [2.45, 2.75) is 18.1 Å². The lowest BCUT2D eigenvalue weighted by molar-refractivity contribution is -1.000. The van der Waals surface area contributed by atoms with Crippen LogP contribution in [0.3, 0.4) is 0 Å². The number of imidazole rings is 1. The minimum absolute atomic E-state index is 0.0197. The molecule has 1 spiro atoms. The molecule has 4 aliphatic rings. The monoisotopic (exact) mass is 584 g/mol. The molecule has 214 valence electrons. The average molecular weight is 585 g/mol. The van der Waals surface area contributed by atoms with E-state index in [9.17, 15) is 0 Å². The van der Waals surface area contributed by atoms with Crippen LogP contribution in [0, 0.1) is 0 Å². The van der Waals surface area contributed by atoms with Crippen LogP contribution in [0.25, 0.3) is 28.1 Å². The third-order valence-electron chi connectivity index (χ3n) is 9.29. The number of hydrogen-bond donors (Lipinski definition) is 0. The van der Waals surface area contributed by atoms with E-state index < -0.39 is 6.03 Å². The predicted octanol–water partition coefficient (Wildman–Crippen LogP) is 6.78. The minimum Gasteiger partial charge on any atom is -0.380 e. The van der Waals surface area contributed by atoms with E-state index in [1.165, 1.54) is 0 Å². The highest BCUT2D eigenvalue weighted by Gasteiger charge is 2.69. The molecule has 3 atom stereocenters. The molecule has 2 unspecified atom stereocenters. The third-order valence-corrected chi connectivity index (χ3v) is 9.29. The van der Waals surface area contributed by atoms with Gasteiger partial charge in [-0.1, -0.05) is 84.9 Å². The Bertz CT molecular complexity index is 2250. The summed E-state index contributed by atoms with van der Waals surface area (Å²) in [5, 5.41) is 0. The molecule has 4 heterocycles. The van der Waals surface area contributed by atoms with Gasteiger partial charge in [0, 0.05) is 0 Å². The Hall–Kier alpha value is -5.88. The van der Waals surface area contributed by atoms with E-state index in [-0.39, 0.29) is 12.1 Å². The second kappa shape index (κ2) is 9.07. The normalized spacial score (nSPS) is 21.9. The second-order valence-electron chi connectivity index (χ2n) is 11.7. The number of nitrogens with zero attached hydrogens (tertiary/aromatic N) is 4. The van der Waals surface area contributed by atoms with Crippen molar-refractivity contribution in [2.24, 2.45) is 0 Å². The number of amidine groups is 1. The van der Waals surface area contributed by atoms with Crippen LogP contribution in [0.5, 0.6) is 11.5 Å². The summed E-state index contributed by atoms with van der Waals surface area (Å²) in [5.41, 5.74) is 6.29. The molecule has 1 aromatic heterocycles. The molecule has 5 aromatic carbocycles. The first-order chi connectivity index (χ1) is 22.3. The number of ether oxygens (including phenoxy) is 2. The molecule has 6 nitrogen and oxygen atoms in total. The van der Waals surface area contributed by atoms with Crippen LogP contribution >= 0.6 is 0 Å². The van der Waals surface area contributed by atoms with E-state index in [4.69, 9.17) is 9.47 Å². The van der Waals surface area contributed by atoms with Gasteiger partial charge in [-0.25, -0.2) is 4.90 Å². The zero-order valence-electron chi connectivity index (χ0n) is 24.3. The fourth-order valence-corrected chi connectivity index (χ4v) is 7.55. The summed E-state index contributed by atoms with van der Waals surface area (Å²) in [5.74, 6) is 3.57. The summed E-state index contributed by atoms with van der Waals surface area (Å²) in [6, 6.07) is 44.9. The van der Waals surface area contributed by atoms with Crippen molar-refractivity contribution in [2.75, 3.05) is 4.90 Å². The second-order valence-corrected chi connectivity index (χ2v) is 11.7. The molecule has 0 radical (unpaired) electrons. The molecular formula is C39H28N4O2+2. The summed E-state index contributed by atoms with van der Waals surface area (Å²) in [4.78, 5) is 2.44. The minimum atomic E-state index is -1.38. The molecule has 0 saturated heterocycles. The smallest absolute Gasteiger partial charge is 0.380 e. The Morgan fingerprint density at radius 2 is 1.18 bits per heavy atom. The maximum absolute atomic E-state index is 7.30. The molecule has 6 heteroatoms. The van der Waals surface area contributed by atoms with E-state index in [0.29, 0.717) is 0 Å². The lowest BCUT2D eigenvalue weighted by atomic mass is 10.0. The number of fused-ring (bicyclic) bond motifs is 11. The number of rotatable bonds is 2. The quantitative estimate of drug-likeness (QED) is 0.211. The Kier molecular flexibility index (Phi) is 4.95. The number of anilines is 1. The van der Waals surface area contributed by atoms with Crippen molar-refractivity contribution < 1.29 is 18.6 Å². The van der Waals surface area contributed by atoms with E-state index >= 15 is 0 Å². The molecule has 3 aliphatic heterocycles. The van der Waals surface area contributed by atoms with Crippen LogP contribution in [-0.4, -0.2) is 27.1 Å². The van der Waals surface area contributed by atoms with Gasteiger partial charge in [-0.15, -0.1) is 9.14 Å². The van der Waals surface area contributed by atoms with Gasteiger partial charge < -0.3 is 9.47 Å². The SMILES string of the molecule is C1=CC2C(C=C1)[N+]1=C(c3ccccc3O[C@]13Oc1ccccc1-c1n(-c4ccccc4)c4ccccc4[n+]13)N2c1ccccc1. The topological polar surface area (TPSA) is 33.5 Å². The highest BCUT2D eigenvalue weighted by Crippen LogP contribution is 2.47. The molecule has 0 fully saturated rings. The first kappa shape index (κ1) is 24.6. The van der Waals surface area contributed by atoms with Gasteiger partial charge in [-0.2, -0.15) is 4.57 Å². The largest absolute Gasteiger partial charge is 0.586 e. The van der Waals surface area contributed by atoms with E-state index in [1.54, 1.807) is 0 Å². The van der Waals surface area contributed by atoms with Crippen LogP contribution < -0.4 is 18.9 Å². The van der Waals surface area contributed by atoms with Crippen molar-refractivity contribution in [1.82, 2.24) is 4.57 Å². The van der Waals surface area contributed by atoms with Gasteiger partial charge in [0.1, 0.15) is 34.0 Å². The standard InChI is InChI=1S/C39H28N4O2/c1-3-15-27(16-4-1)40-31-21-9-11-23-33(31)42-37(40)29-19-7-13-25-35(29)44-39(42)43-34-24-12-10-22-32(34)41(28-17-5-2-6-18-28)38(43)30-20-8-14-26-36(30)45-39/h1-26,31,33H/q+2/t31?,33?,39-/m0/s1. The fourth-order valence-electron chi connectivity index (χ4n) is 7.55. The molecule has 1 aliphatic carbocycles. The summed E-state index contributed by atoms with van der Waals surface area (Å²) >= 11 is 0. The summed E-state index contributed by atoms with van der Waals surface area (Å²) in [7, 11) is 0. The Morgan fingerprint density at radius 3 is 1.96 bits per heavy atom. The summed E-state index contributed by atoms with van der Waals surface area (Å²) in [6.07, 6.45) is 8.84. The molecule has 6 aromatic rings. The predicted molar refractivity (Wildman–Crippen MR) is 174 cm³/mol. The van der Waals surface area contributed by atoms with E-state index in [2.05, 4.69) is 164 Å². The van der Waals surface area contributed by atoms with Crippen molar-refractivity contribution >= 4 is 22.6 Å². The Morgan fingerprint density at radius 1 is 0.578 bits per heavy atom. The Labute approximate surface area is 260 Å². The van der Waals surface area contributed by atoms with Crippen molar-refractivity contribution in [3.05, 3.63) is 163 Å². The number of para-hydroxylation sites is 6. The highest BCUT2D eigenvalue weighted by atomic mass is 16.7. The van der Waals surface area contributed by atoms with Crippen LogP contribution in [0.4, 0.5) is 5.69 Å². The van der Waals surface area contributed by atoms with Crippen LogP contribution in [0.1, 0.15) is 5.56 Å². The molecule has 10 rings (SSSR count). The molecule has 45 heavy (non-hydrogen) atoms. The van der Waals surface area contributed by atoms with Crippen molar-refractivity contribution in [3.8, 4) is 28.6 Å². The maximum Gasteiger partial charge on any atom is 0.586 e. The van der Waals surface area contributed by atoms with Gasteiger partial charge in [0.25, 0.3) is 5.84 Å². The summed E-state index contributed by atoms with van der Waals surface area (Å²) < 4.78 is 21.6. The Balaban J connectivity index is 1.38. The van der Waals surface area contributed by atoms with E-state index in [0.717, 1.165) is 56.7 Å². The zero-order chi connectivity index (χ0) is 29.5. The zero-order valence-corrected chi connectivity index (χ0v) is 24.3. The molecule has 0 amide bonds. The third kappa shape index (κ3) is 3.23. The van der Waals surface area contributed by atoms with Gasteiger partial charge in [-0.3, -0.25) is 0 Å². The van der Waals surface area contributed by atoms with Crippen molar-refractivity contribution in [3.63, 3.8) is 0 Å². The lowest BCUT2D eigenvalue weighted by Gasteiger charge is -2.37. The van der Waals surface area contributed by atoms with Gasteiger partial charge in [0.05, 0.1) is 0 Å². The number of benzene rings is 5. The van der Waals surface area contributed by atoms with Crippen LogP contribution in [-0.2, 0) is 6.03 Å². The first-order valence-corrected chi connectivity index (χ1v) is 15.4. The van der Waals surface area contributed by atoms with Crippen molar-refractivity contribution in [1.29, 1.82) is 0 Å². The van der Waals surface area contributed by atoms with Gasteiger partial charge in [0.15, 0.2) is 23.1 Å². The number of allylic oxidation sites excluding steroid dienone is 2. The molecule has 0 saturated carbocycles.